The predicted octanol–water partition coefficient (Wildman–Crippen LogP) is 1.17. The number of nitrogens with one attached hydrogen (secondary N) is 1. The molecule has 4 atom stereocenters. The van der Waals surface area contributed by atoms with Crippen molar-refractivity contribution in [1.82, 2.24) is 5.32 Å². The van der Waals surface area contributed by atoms with Crippen LogP contribution in [0.25, 0.3) is 0 Å². The van der Waals surface area contributed by atoms with Crippen molar-refractivity contribution in [3.63, 3.8) is 0 Å². The van der Waals surface area contributed by atoms with E-state index in [1.54, 1.807) is 6.92 Å². The molecule has 0 bridgehead atoms. The van der Waals surface area contributed by atoms with Crippen molar-refractivity contribution in [2.24, 2.45) is 11.3 Å². The fraction of sp³-hybridized carbons (Fsp3) is 0.846. The summed E-state index contributed by atoms with van der Waals surface area (Å²) in [7, 11) is 0. The third kappa shape index (κ3) is 2.23. The first-order chi connectivity index (χ1) is 8.45. The van der Waals surface area contributed by atoms with Crippen LogP contribution in [0.1, 0.15) is 39.5 Å². The Hall–Kier alpha value is -1.10. The number of rotatable bonds is 3. The lowest BCUT2D eigenvalue weighted by molar-refractivity contribution is -0.149. The van der Waals surface area contributed by atoms with E-state index in [0.29, 0.717) is 13.0 Å². The van der Waals surface area contributed by atoms with E-state index in [9.17, 15) is 14.7 Å². The molecule has 0 radical (unpaired) electrons. The van der Waals surface area contributed by atoms with E-state index in [2.05, 4.69) is 5.32 Å². The summed E-state index contributed by atoms with van der Waals surface area (Å²) in [5, 5.41) is 12.2. The summed E-state index contributed by atoms with van der Waals surface area (Å²) in [6, 6.07) is -0.254. The van der Waals surface area contributed by atoms with Crippen LogP contribution in [0.5, 0.6) is 0 Å². The standard InChI is InChI=1S/C13H21NO4/c1-8-9(5-7-18-8)11(15)14-10-4-3-6-13(10,2)12(16)17/h8-10H,3-7H2,1-2H3,(H,14,15)(H,16,17). The first-order valence-corrected chi connectivity index (χ1v) is 6.60. The third-order valence-corrected chi connectivity index (χ3v) is 4.48. The van der Waals surface area contributed by atoms with Gasteiger partial charge in [0, 0.05) is 12.6 Å². The van der Waals surface area contributed by atoms with E-state index in [4.69, 9.17) is 4.74 Å². The molecule has 2 fully saturated rings. The van der Waals surface area contributed by atoms with E-state index in [-0.39, 0.29) is 24.0 Å². The van der Waals surface area contributed by atoms with Crippen molar-refractivity contribution >= 4 is 11.9 Å². The van der Waals surface area contributed by atoms with Crippen molar-refractivity contribution in [2.75, 3.05) is 6.61 Å². The van der Waals surface area contributed by atoms with Gasteiger partial charge in [-0.3, -0.25) is 9.59 Å². The van der Waals surface area contributed by atoms with Gasteiger partial charge < -0.3 is 15.2 Å². The molecule has 2 aliphatic rings. The molecule has 1 saturated carbocycles. The van der Waals surface area contributed by atoms with Crippen LogP contribution in [0, 0.1) is 11.3 Å². The summed E-state index contributed by atoms with van der Waals surface area (Å²) in [5.74, 6) is -1.01. The molecule has 0 spiro atoms. The molecule has 4 unspecified atom stereocenters. The molecular weight excluding hydrogens is 234 g/mol. The Kier molecular flexibility index (Phi) is 3.61. The van der Waals surface area contributed by atoms with Gasteiger partial charge in [0.15, 0.2) is 0 Å². The first-order valence-electron chi connectivity index (χ1n) is 6.60. The highest BCUT2D eigenvalue weighted by Crippen LogP contribution is 2.38. The van der Waals surface area contributed by atoms with Crippen LogP contribution >= 0.6 is 0 Å². The Morgan fingerprint density at radius 3 is 2.67 bits per heavy atom. The maximum absolute atomic E-state index is 12.1. The Morgan fingerprint density at radius 1 is 1.39 bits per heavy atom. The SMILES string of the molecule is CC1OCCC1C(=O)NC1CCCC1(C)C(=O)O. The molecule has 0 aromatic rings. The fourth-order valence-corrected chi connectivity index (χ4v) is 3.01. The van der Waals surface area contributed by atoms with Crippen LogP contribution in [-0.4, -0.2) is 35.7 Å². The quantitative estimate of drug-likeness (QED) is 0.793. The van der Waals surface area contributed by atoms with Crippen molar-refractivity contribution in [3.8, 4) is 0 Å². The van der Waals surface area contributed by atoms with Gasteiger partial charge in [-0.2, -0.15) is 0 Å². The number of hydrogen-bond acceptors (Lipinski definition) is 3. The number of carbonyl (C=O) groups is 2. The maximum Gasteiger partial charge on any atom is 0.311 e. The maximum atomic E-state index is 12.1. The van der Waals surface area contributed by atoms with E-state index in [1.165, 1.54) is 0 Å². The highest BCUT2D eigenvalue weighted by molar-refractivity contribution is 5.82. The Morgan fingerprint density at radius 2 is 2.11 bits per heavy atom. The van der Waals surface area contributed by atoms with Crippen LogP contribution in [-0.2, 0) is 14.3 Å². The number of aliphatic carboxylic acids is 1. The molecule has 0 aromatic carbocycles. The van der Waals surface area contributed by atoms with Gasteiger partial charge in [-0.1, -0.05) is 6.42 Å². The summed E-state index contributed by atoms with van der Waals surface area (Å²) < 4.78 is 5.37. The van der Waals surface area contributed by atoms with Crippen molar-refractivity contribution < 1.29 is 19.4 Å². The molecule has 0 aromatic heterocycles. The minimum Gasteiger partial charge on any atom is -0.481 e. The topological polar surface area (TPSA) is 75.6 Å². The van der Waals surface area contributed by atoms with Crippen LogP contribution in [0.4, 0.5) is 0 Å². The van der Waals surface area contributed by atoms with E-state index in [1.807, 2.05) is 6.92 Å². The molecule has 1 aliphatic heterocycles. The zero-order chi connectivity index (χ0) is 13.3. The molecule has 1 aliphatic carbocycles. The minimum atomic E-state index is -0.821. The van der Waals surface area contributed by atoms with E-state index >= 15 is 0 Å². The number of carbonyl (C=O) groups excluding carboxylic acids is 1. The summed E-state index contributed by atoms with van der Waals surface area (Å²) in [5.41, 5.74) is -0.821. The molecule has 102 valence electrons. The van der Waals surface area contributed by atoms with Crippen LogP contribution in [0.3, 0.4) is 0 Å². The second-order valence-electron chi connectivity index (χ2n) is 5.65. The second-order valence-corrected chi connectivity index (χ2v) is 5.65. The number of hydrogen-bond donors (Lipinski definition) is 2. The molecule has 1 saturated heterocycles. The smallest absolute Gasteiger partial charge is 0.311 e. The summed E-state index contributed by atoms with van der Waals surface area (Å²) in [4.78, 5) is 23.5. The van der Waals surface area contributed by atoms with Crippen LogP contribution < -0.4 is 5.32 Å². The van der Waals surface area contributed by atoms with Gasteiger partial charge in [0.1, 0.15) is 0 Å². The molecule has 18 heavy (non-hydrogen) atoms. The Bertz CT molecular complexity index is 357. The zero-order valence-corrected chi connectivity index (χ0v) is 10.9. The van der Waals surface area contributed by atoms with Crippen molar-refractivity contribution in [2.45, 2.75) is 51.7 Å². The van der Waals surface area contributed by atoms with Gasteiger partial charge in [-0.15, -0.1) is 0 Å². The van der Waals surface area contributed by atoms with Crippen molar-refractivity contribution in [3.05, 3.63) is 0 Å². The molecule has 1 heterocycles. The predicted molar refractivity (Wildman–Crippen MR) is 65.0 cm³/mol. The monoisotopic (exact) mass is 255 g/mol. The van der Waals surface area contributed by atoms with E-state index < -0.39 is 11.4 Å². The van der Waals surface area contributed by atoms with Gasteiger partial charge in [0.2, 0.25) is 5.91 Å². The Balaban J connectivity index is 2.00. The molecule has 2 N–H and O–H groups in total. The number of ether oxygens (including phenoxy) is 1. The zero-order valence-electron chi connectivity index (χ0n) is 10.9. The highest BCUT2D eigenvalue weighted by atomic mass is 16.5. The molecule has 2 rings (SSSR count). The molecular formula is C13H21NO4. The normalized spacial score (nSPS) is 39.8. The first kappa shape index (κ1) is 13.3. The number of carboxylic acid groups (broad SMARTS) is 1. The van der Waals surface area contributed by atoms with Gasteiger partial charge >= 0.3 is 5.97 Å². The molecule has 5 nitrogen and oxygen atoms in total. The number of amides is 1. The third-order valence-electron chi connectivity index (χ3n) is 4.48. The average molecular weight is 255 g/mol. The highest BCUT2D eigenvalue weighted by Gasteiger charge is 2.46. The number of carboxylic acids is 1. The fourth-order valence-electron chi connectivity index (χ4n) is 3.01. The molecule has 5 heteroatoms. The second kappa shape index (κ2) is 4.88. The summed E-state index contributed by atoms with van der Waals surface area (Å²) >= 11 is 0. The Labute approximate surface area is 107 Å². The van der Waals surface area contributed by atoms with E-state index in [0.717, 1.165) is 19.3 Å². The van der Waals surface area contributed by atoms with Crippen molar-refractivity contribution in [1.29, 1.82) is 0 Å². The molecule has 1 amide bonds. The lowest BCUT2D eigenvalue weighted by Crippen LogP contribution is -2.49. The lowest BCUT2D eigenvalue weighted by atomic mass is 9.84. The van der Waals surface area contributed by atoms with Crippen LogP contribution in [0.15, 0.2) is 0 Å². The van der Waals surface area contributed by atoms with Gasteiger partial charge in [-0.05, 0) is 33.1 Å². The largest absolute Gasteiger partial charge is 0.481 e. The van der Waals surface area contributed by atoms with Gasteiger partial charge in [-0.25, -0.2) is 0 Å². The minimum absolute atomic E-state index is 0.0561. The summed E-state index contributed by atoms with van der Waals surface area (Å²) in [6.45, 7) is 4.23. The van der Waals surface area contributed by atoms with Gasteiger partial charge in [0.05, 0.1) is 17.4 Å². The van der Waals surface area contributed by atoms with Crippen LogP contribution in [0.2, 0.25) is 0 Å². The average Bonchev–Trinajstić information content (AvgIpc) is 2.87. The summed E-state index contributed by atoms with van der Waals surface area (Å²) in [6.07, 6.45) is 2.89. The van der Waals surface area contributed by atoms with Gasteiger partial charge in [0.25, 0.3) is 0 Å². The lowest BCUT2D eigenvalue weighted by Gasteiger charge is -2.29.